The van der Waals surface area contributed by atoms with Crippen LogP contribution in [-0.2, 0) is 9.53 Å². The lowest BCUT2D eigenvalue weighted by Gasteiger charge is -2.24. The molecule has 224 valence electrons. The van der Waals surface area contributed by atoms with Crippen LogP contribution in [0.1, 0.15) is 155 Å². The third-order valence-corrected chi connectivity index (χ3v) is 9.49. The minimum Gasteiger partial charge on any atom is -0.462 e. The lowest BCUT2D eigenvalue weighted by atomic mass is 10.0. The number of carbonyl (C=O) groups is 1. The predicted octanol–water partition coefficient (Wildman–Crippen LogP) is 8.80. The minimum absolute atomic E-state index is 0.0937. The van der Waals surface area contributed by atoms with Crippen LogP contribution in [0.4, 0.5) is 0 Å². The molecule has 2 aliphatic rings. The number of carbonyl (C=O) groups excluding carboxylic acids is 1. The normalized spacial score (nSPS) is 23.0. The maximum Gasteiger partial charge on any atom is 0.315 e. The fraction of sp³-hybridized carbons (Fsp3) is 0.971. The molecule has 0 spiro atoms. The average Bonchev–Trinajstić information content (AvgIpc) is 3.54. The van der Waals surface area contributed by atoms with Crippen molar-refractivity contribution < 1.29 is 14.0 Å². The number of esters is 1. The molecule has 4 atom stereocenters. The summed E-state index contributed by atoms with van der Waals surface area (Å²) in [4.78, 5) is 12.9. The summed E-state index contributed by atoms with van der Waals surface area (Å²) < 4.78 is 7.11. The molecule has 0 aromatic heterocycles. The number of nitrogens with zero attached hydrogens (tertiary/aromatic N) is 1. The molecular weight excluding hydrogens is 468 g/mol. The summed E-state index contributed by atoms with van der Waals surface area (Å²) >= 11 is 0. The molecule has 4 unspecified atom stereocenters. The lowest BCUT2D eigenvalue weighted by molar-refractivity contribution is -0.878. The van der Waals surface area contributed by atoms with Crippen LogP contribution < -0.4 is 5.73 Å². The molecule has 1 saturated carbocycles. The first kappa shape index (κ1) is 33.6. The standard InChI is InChI=1S/C34H67N2O2/c1-4-5-6-7-8-13-18-23-33(38-34(37)32-25-27-36(2,3)29-32)24-19-14-9-11-16-21-30-28-31(30)22-17-12-10-15-20-26-35/h30-33H,4-29,35H2,1-3H3/q+1. The van der Waals surface area contributed by atoms with Gasteiger partial charge in [0.2, 0.25) is 0 Å². The van der Waals surface area contributed by atoms with Gasteiger partial charge in [0.15, 0.2) is 0 Å². The van der Waals surface area contributed by atoms with Crippen LogP contribution in [0, 0.1) is 17.8 Å². The van der Waals surface area contributed by atoms with Crippen molar-refractivity contribution in [3.63, 3.8) is 0 Å². The maximum absolute atomic E-state index is 12.9. The molecule has 1 aliphatic carbocycles. The van der Waals surface area contributed by atoms with Gasteiger partial charge >= 0.3 is 5.97 Å². The molecule has 2 fully saturated rings. The van der Waals surface area contributed by atoms with E-state index in [4.69, 9.17) is 10.5 Å². The molecule has 0 amide bonds. The van der Waals surface area contributed by atoms with Gasteiger partial charge in [-0.05, 0) is 56.9 Å². The van der Waals surface area contributed by atoms with E-state index < -0.39 is 0 Å². The molecule has 0 bridgehead atoms. The molecule has 2 N–H and O–H groups in total. The Balaban J connectivity index is 1.53. The number of hydrogen-bond donors (Lipinski definition) is 1. The van der Waals surface area contributed by atoms with Gasteiger partial charge in [-0.1, -0.05) is 110 Å². The van der Waals surface area contributed by atoms with Crippen LogP contribution in [0.5, 0.6) is 0 Å². The van der Waals surface area contributed by atoms with Crippen molar-refractivity contribution in [2.24, 2.45) is 23.5 Å². The summed E-state index contributed by atoms with van der Waals surface area (Å²) in [5.74, 6) is 2.31. The number of likely N-dealkylation sites (tertiary alicyclic amines) is 1. The summed E-state index contributed by atoms with van der Waals surface area (Å²) in [6.45, 7) is 5.18. The Kier molecular flexibility index (Phi) is 17.9. The smallest absolute Gasteiger partial charge is 0.315 e. The van der Waals surface area contributed by atoms with Crippen molar-refractivity contribution in [2.45, 2.75) is 161 Å². The van der Waals surface area contributed by atoms with Crippen LogP contribution in [-0.4, -0.2) is 50.3 Å². The second kappa shape index (κ2) is 20.3. The molecule has 1 saturated heterocycles. The predicted molar refractivity (Wildman–Crippen MR) is 163 cm³/mol. The second-order valence-electron chi connectivity index (χ2n) is 13.7. The summed E-state index contributed by atoms with van der Waals surface area (Å²) in [7, 11) is 4.47. The number of nitrogens with two attached hydrogens (primary N) is 1. The number of hydrogen-bond acceptors (Lipinski definition) is 3. The van der Waals surface area contributed by atoms with Crippen molar-refractivity contribution in [3.8, 4) is 0 Å². The Morgan fingerprint density at radius 2 is 1.26 bits per heavy atom. The van der Waals surface area contributed by atoms with Crippen LogP contribution >= 0.6 is 0 Å². The number of unbranched alkanes of at least 4 members (excludes halogenated alkanes) is 14. The van der Waals surface area contributed by atoms with Crippen LogP contribution in [0.3, 0.4) is 0 Å². The van der Waals surface area contributed by atoms with Crippen LogP contribution in [0.2, 0.25) is 0 Å². The van der Waals surface area contributed by atoms with Crippen molar-refractivity contribution in [2.75, 3.05) is 33.7 Å². The Hall–Kier alpha value is -0.610. The molecule has 2 rings (SSSR count). The van der Waals surface area contributed by atoms with Gasteiger partial charge in [-0.2, -0.15) is 0 Å². The Morgan fingerprint density at radius 1 is 0.763 bits per heavy atom. The number of quaternary nitrogens is 1. The quantitative estimate of drug-likeness (QED) is 0.0722. The van der Waals surface area contributed by atoms with Gasteiger partial charge in [-0.25, -0.2) is 0 Å². The van der Waals surface area contributed by atoms with Crippen molar-refractivity contribution in [1.29, 1.82) is 0 Å². The van der Waals surface area contributed by atoms with E-state index in [1.807, 2.05) is 0 Å². The van der Waals surface area contributed by atoms with Crippen LogP contribution in [0.25, 0.3) is 0 Å². The van der Waals surface area contributed by atoms with E-state index in [0.29, 0.717) is 0 Å². The van der Waals surface area contributed by atoms with E-state index in [1.54, 1.807) is 0 Å². The summed E-state index contributed by atoms with van der Waals surface area (Å²) in [5.41, 5.74) is 5.58. The van der Waals surface area contributed by atoms with Crippen molar-refractivity contribution >= 4 is 5.97 Å². The van der Waals surface area contributed by atoms with Gasteiger partial charge in [0.1, 0.15) is 12.0 Å². The minimum atomic E-state index is 0.0937. The Morgan fingerprint density at radius 3 is 1.76 bits per heavy atom. The zero-order chi connectivity index (χ0) is 27.5. The van der Waals surface area contributed by atoms with Gasteiger partial charge in [0, 0.05) is 6.42 Å². The average molecular weight is 536 g/mol. The molecule has 0 radical (unpaired) electrons. The largest absolute Gasteiger partial charge is 0.462 e. The zero-order valence-electron chi connectivity index (χ0n) is 26.0. The van der Waals surface area contributed by atoms with E-state index in [9.17, 15) is 4.79 Å². The summed E-state index contributed by atoms with van der Waals surface area (Å²) in [5, 5.41) is 0. The number of rotatable bonds is 25. The van der Waals surface area contributed by atoms with Gasteiger partial charge < -0.3 is 15.0 Å². The molecule has 1 heterocycles. The molecule has 0 aromatic carbocycles. The molecule has 0 aromatic rings. The highest BCUT2D eigenvalue weighted by atomic mass is 16.5. The van der Waals surface area contributed by atoms with Gasteiger partial charge in [-0.3, -0.25) is 4.79 Å². The topological polar surface area (TPSA) is 52.3 Å². The lowest BCUT2D eigenvalue weighted by Crippen LogP contribution is -2.38. The third kappa shape index (κ3) is 15.8. The molecule has 4 nitrogen and oxygen atoms in total. The monoisotopic (exact) mass is 536 g/mol. The first-order chi connectivity index (χ1) is 18.4. The van der Waals surface area contributed by atoms with E-state index in [-0.39, 0.29) is 18.0 Å². The fourth-order valence-corrected chi connectivity index (χ4v) is 6.74. The highest BCUT2D eigenvalue weighted by Gasteiger charge is 2.37. The first-order valence-electron chi connectivity index (χ1n) is 17.2. The van der Waals surface area contributed by atoms with Crippen LogP contribution in [0.15, 0.2) is 0 Å². The van der Waals surface area contributed by atoms with Crippen molar-refractivity contribution in [3.05, 3.63) is 0 Å². The van der Waals surface area contributed by atoms with Gasteiger partial charge in [0.25, 0.3) is 0 Å². The summed E-state index contributed by atoms with van der Waals surface area (Å²) in [6.07, 6.45) is 30.4. The first-order valence-corrected chi connectivity index (χ1v) is 17.2. The summed E-state index contributed by atoms with van der Waals surface area (Å²) in [6, 6.07) is 0. The maximum atomic E-state index is 12.9. The van der Waals surface area contributed by atoms with E-state index in [1.165, 1.54) is 128 Å². The highest BCUT2D eigenvalue weighted by Crippen LogP contribution is 2.45. The third-order valence-electron chi connectivity index (χ3n) is 9.49. The van der Waals surface area contributed by atoms with Gasteiger partial charge in [0.05, 0.1) is 27.2 Å². The van der Waals surface area contributed by atoms with E-state index >= 15 is 0 Å². The number of ether oxygens (including phenoxy) is 1. The molecule has 38 heavy (non-hydrogen) atoms. The van der Waals surface area contributed by atoms with Crippen molar-refractivity contribution in [1.82, 2.24) is 0 Å². The molecule has 4 heteroatoms. The SMILES string of the molecule is CCCCCCCCCC(CCCCCCCC1CC1CCCCCCCN)OC(=O)C1CC[N+](C)(C)C1. The Bertz CT molecular complexity index is 593. The van der Waals surface area contributed by atoms with E-state index in [0.717, 1.165) is 55.2 Å². The fourth-order valence-electron chi connectivity index (χ4n) is 6.74. The Labute approximate surface area is 237 Å². The molecule has 1 aliphatic heterocycles. The zero-order valence-corrected chi connectivity index (χ0v) is 26.0. The second-order valence-corrected chi connectivity index (χ2v) is 13.7. The van der Waals surface area contributed by atoms with Gasteiger partial charge in [-0.15, -0.1) is 0 Å². The highest BCUT2D eigenvalue weighted by molar-refractivity contribution is 5.73. The van der Waals surface area contributed by atoms with E-state index in [2.05, 4.69) is 21.0 Å². The molecular formula is C34H67N2O2+.